The summed E-state index contributed by atoms with van der Waals surface area (Å²) in [6, 6.07) is 10.2. The highest BCUT2D eigenvalue weighted by atomic mass is 15.1. The SMILES string of the molecule is [N-]=[N+]=NCc1cc[c]cc1. The van der Waals surface area contributed by atoms with Crippen molar-refractivity contribution in [2.24, 2.45) is 5.11 Å². The summed E-state index contributed by atoms with van der Waals surface area (Å²) in [6.07, 6.45) is 0. The van der Waals surface area contributed by atoms with Crippen LogP contribution in [-0.4, -0.2) is 0 Å². The van der Waals surface area contributed by atoms with Gasteiger partial charge in [0.15, 0.2) is 0 Å². The Morgan fingerprint density at radius 3 is 2.80 bits per heavy atom. The van der Waals surface area contributed by atoms with E-state index >= 15 is 0 Å². The molecule has 0 aliphatic heterocycles. The van der Waals surface area contributed by atoms with Crippen LogP contribution < -0.4 is 0 Å². The van der Waals surface area contributed by atoms with Crippen LogP contribution in [0.2, 0.25) is 0 Å². The van der Waals surface area contributed by atoms with Crippen molar-refractivity contribution in [1.29, 1.82) is 0 Å². The van der Waals surface area contributed by atoms with Crippen LogP contribution >= 0.6 is 0 Å². The highest BCUT2D eigenvalue weighted by molar-refractivity contribution is 5.13. The maximum Gasteiger partial charge on any atom is 0.0510 e. The molecule has 49 valence electrons. The van der Waals surface area contributed by atoms with E-state index in [1.165, 1.54) is 0 Å². The van der Waals surface area contributed by atoms with Crippen molar-refractivity contribution in [2.75, 3.05) is 0 Å². The average molecular weight is 132 g/mol. The van der Waals surface area contributed by atoms with Crippen LogP contribution in [0, 0.1) is 6.07 Å². The molecule has 1 radical (unpaired) electrons. The Kier molecular flexibility index (Phi) is 2.35. The van der Waals surface area contributed by atoms with Gasteiger partial charge >= 0.3 is 0 Å². The van der Waals surface area contributed by atoms with E-state index in [9.17, 15) is 0 Å². The molecule has 0 aliphatic carbocycles. The Bertz CT molecular complexity index is 236. The van der Waals surface area contributed by atoms with Gasteiger partial charge in [-0.3, -0.25) is 0 Å². The summed E-state index contributed by atoms with van der Waals surface area (Å²) in [5.74, 6) is 0. The van der Waals surface area contributed by atoms with Gasteiger partial charge in [0.2, 0.25) is 0 Å². The number of azide groups is 1. The summed E-state index contributed by atoms with van der Waals surface area (Å²) >= 11 is 0. The number of hydrogen-bond acceptors (Lipinski definition) is 1. The normalized spacial score (nSPS) is 8.40. The van der Waals surface area contributed by atoms with Gasteiger partial charge in [-0.15, -0.1) is 0 Å². The molecule has 0 fully saturated rings. The standard InChI is InChI=1S/C7H6N3/c8-10-9-6-7-4-2-1-3-5-7/h2-5H,6H2. The molecular weight excluding hydrogens is 126 g/mol. The van der Waals surface area contributed by atoms with E-state index in [4.69, 9.17) is 5.53 Å². The monoisotopic (exact) mass is 132 g/mol. The van der Waals surface area contributed by atoms with Crippen molar-refractivity contribution < 1.29 is 0 Å². The summed E-state index contributed by atoms with van der Waals surface area (Å²) in [4.78, 5) is 2.65. The van der Waals surface area contributed by atoms with E-state index in [-0.39, 0.29) is 0 Å². The van der Waals surface area contributed by atoms with Crippen molar-refractivity contribution >= 4 is 0 Å². The van der Waals surface area contributed by atoms with Crippen molar-refractivity contribution in [1.82, 2.24) is 0 Å². The van der Waals surface area contributed by atoms with Crippen LogP contribution in [-0.2, 0) is 6.54 Å². The fourth-order valence-electron chi connectivity index (χ4n) is 0.640. The Balaban J connectivity index is 2.67. The van der Waals surface area contributed by atoms with Gasteiger partial charge < -0.3 is 0 Å². The van der Waals surface area contributed by atoms with Gasteiger partial charge in [-0.05, 0) is 17.2 Å². The number of benzene rings is 1. The third-order valence-electron chi connectivity index (χ3n) is 1.10. The zero-order valence-corrected chi connectivity index (χ0v) is 5.36. The van der Waals surface area contributed by atoms with Crippen molar-refractivity contribution in [3.05, 3.63) is 46.3 Å². The predicted octanol–water partition coefficient (Wildman–Crippen LogP) is 2.30. The first-order chi connectivity index (χ1) is 4.93. The molecule has 1 aromatic carbocycles. The number of hydrogen-bond donors (Lipinski definition) is 0. The average Bonchev–Trinajstić information content (AvgIpc) is 2.03. The van der Waals surface area contributed by atoms with Gasteiger partial charge in [0.25, 0.3) is 0 Å². The fraction of sp³-hybridized carbons (Fsp3) is 0.143. The molecule has 1 rings (SSSR count). The topological polar surface area (TPSA) is 48.8 Å². The summed E-state index contributed by atoms with van der Waals surface area (Å²) < 4.78 is 0. The largest absolute Gasteiger partial charge is 0.0893 e. The summed E-state index contributed by atoms with van der Waals surface area (Å²) in [7, 11) is 0. The first-order valence-electron chi connectivity index (χ1n) is 2.89. The molecule has 0 saturated carbocycles. The second kappa shape index (κ2) is 3.54. The molecule has 3 heteroatoms. The fourth-order valence-corrected chi connectivity index (χ4v) is 0.640. The molecular formula is C7H6N3. The lowest BCUT2D eigenvalue weighted by Gasteiger charge is -1.89. The van der Waals surface area contributed by atoms with Crippen LogP contribution in [0.1, 0.15) is 5.56 Å². The second-order valence-corrected chi connectivity index (χ2v) is 1.80. The summed E-state index contributed by atoms with van der Waals surface area (Å²) in [5, 5.41) is 3.41. The highest BCUT2D eigenvalue weighted by Gasteiger charge is 1.84. The van der Waals surface area contributed by atoms with Gasteiger partial charge in [-0.2, -0.15) is 0 Å². The molecule has 0 amide bonds. The van der Waals surface area contributed by atoms with Gasteiger partial charge in [0, 0.05) is 4.91 Å². The van der Waals surface area contributed by atoms with Crippen LogP contribution in [0.25, 0.3) is 10.4 Å². The summed E-state index contributed by atoms with van der Waals surface area (Å²) in [6.45, 7) is 0.422. The first-order valence-corrected chi connectivity index (χ1v) is 2.89. The van der Waals surface area contributed by atoms with Gasteiger partial charge in [-0.1, -0.05) is 29.4 Å². The lowest BCUT2D eigenvalue weighted by atomic mass is 10.2. The minimum Gasteiger partial charge on any atom is -0.0893 e. The van der Waals surface area contributed by atoms with E-state index in [1.807, 2.05) is 12.1 Å². The molecule has 0 aromatic heterocycles. The third-order valence-corrected chi connectivity index (χ3v) is 1.10. The van der Waals surface area contributed by atoms with Gasteiger partial charge in [0.1, 0.15) is 0 Å². The minimum absolute atomic E-state index is 0.422. The Labute approximate surface area is 58.9 Å². The number of rotatable bonds is 2. The molecule has 0 heterocycles. The molecule has 3 nitrogen and oxygen atoms in total. The predicted molar refractivity (Wildman–Crippen MR) is 38.1 cm³/mol. The maximum absolute atomic E-state index is 7.98. The minimum atomic E-state index is 0.422. The lowest BCUT2D eigenvalue weighted by Crippen LogP contribution is -1.75. The Morgan fingerprint density at radius 1 is 1.50 bits per heavy atom. The zero-order chi connectivity index (χ0) is 7.23. The van der Waals surface area contributed by atoms with Crippen molar-refractivity contribution in [3.8, 4) is 0 Å². The van der Waals surface area contributed by atoms with Crippen molar-refractivity contribution in [3.63, 3.8) is 0 Å². The molecule has 0 spiro atoms. The van der Waals surface area contributed by atoms with E-state index in [0.29, 0.717) is 6.54 Å². The molecule has 0 saturated heterocycles. The molecule has 0 unspecified atom stereocenters. The van der Waals surface area contributed by atoms with E-state index in [0.717, 1.165) is 5.56 Å². The quantitative estimate of drug-likeness (QED) is 0.337. The zero-order valence-electron chi connectivity index (χ0n) is 5.36. The molecule has 0 bridgehead atoms. The van der Waals surface area contributed by atoms with Crippen molar-refractivity contribution in [2.45, 2.75) is 6.54 Å². The molecule has 10 heavy (non-hydrogen) atoms. The van der Waals surface area contributed by atoms with Crippen LogP contribution in [0.15, 0.2) is 29.4 Å². The van der Waals surface area contributed by atoms with E-state index < -0.39 is 0 Å². The Morgan fingerprint density at radius 2 is 2.20 bits per heavy atom. The highest BCUT2D eigenvalue weighted by Crippen LogP contribution is 1.98. The molecule has 0 atom stereocenters. The van der Waals surface area contributed by atoms with Crippen LogP contribution in [0.4, 0.5) is 0 Å². The molecule has 0 aliphatic rings. The third kappa shape index (κ3) is 1.80. The van der Waals surface area contributed by atoms with Crippen LogP contribution in [0.5, 0.6) is 0 Å². The van der Waals surface area contributed by atoms with Crippen LogP contribution in [0.3, 0.4) is 0 Å². The number of nitrogens with zero attached hydrogens (tertiary/aromatic N) is 3. The Hall–Kier alpha value is -1.47. The maximum atomic E-state index is 7.98. The molecule has 0 N–H and O–H groups in total. The van der Waals surface area contributed by atoms with E-state index in [1.54, 1.807) is 12.1 Å². The first kappa shape index (κ1) is 6.65. The molecule has 1 aromatic rings. The summed E-state index contributed by atoms with van der Waals surface area (Å²) in [5.41, 5.74) is 8.99. The lowest BCUT2D eigenvalue weighted by molar-refractivity contribution is 1.05. The van der Waals surface area contributed by atoms with Gasteiger partial charge in [-0.25, -0.2) is 0 Å². The second-order valence-electron chi connectivity index (χ2n) is 1.80. The van der Waals surface area contributed by atoms with E-state index in [2.05, 4.69) is 16.1 Å². The van der Waals surface area contributed by atoms with Gasteiger partial charge in [0.05, 0.1) is 6.54 Å². The smallest absolute Gasteiger partial charge is 0.0510 e.